The van der Waals surface area contributed by atoms with E-state index in [9.17, 15) is 26.4 Å². The second-order valence-corrected chi connectivity index (χ2v) is 8.12. The van der Waals surface area contributed by atoms with Crippen molar-refractivity contribution in [2.24, 2.45) is 0 Å². The normalized spacial score (nSPS) is 22.2. The molecule has 1 aromatic carbocycles. The number of amides is 1. The Morgan fingerprint density at radius 2 is 1.79 bits per heavy atom. The number of rotatable bonds is 3. The number of benzene rings is 1. The van der Waals surface area contributed by atoms with Crippen LogP contribution in [0.2, 0.25) is 0 Å². The van der Waals surface area contributed by atoms with Crippen molar-refractivity contribution in [1.82, 2.24) is 4.90 Å². The maximum atomic E-state index is 12.8. The summed E-state index contributed by atoms with van der Waals surface area (Å²) in [6.07, 6.45) is -4.51. The number of hydrogen-bond acceptors (Lipinski definition) is 3. The largest absolute Gasteiger partial charge is 0.465 e. The van der Waals surface area contributed by atoms with Crippen LogP contribution in [0.25, 0.3) is 0 Å². The van der Waals surface area contributed by atoms with Gasteiger partial charge >= 0.3 is 12.3 Å². The van der Waals surface area contributed by atoms with E-state index in [0.29, 0.717) is 18.9 Å². The van der Waals surface area contributed by atoms with Crippen LogP contribution in [-0.2, 0) is 16.0 Å². The first-order valence-corrected chi connectivity index (χ1v) is 8.95. The number of carboxylic acid groups (broad SMARTS) is 1. The highest BCUT2D eigenvalue weighted by Crippen LogP contribution is 2.34. The van der Waals surface area contributed by atoms with E-state index >= 15 is 0 Å². The first-order valence-electron chi connectivity index (χ1n) is 7.40. The molecule has 9 heteroatoms. The zero-order chi connectivity index (χ0) is 18.1. The van der Waals surface area contributed by atoms with E-state index in [2.05, 4.69) is 0 Å². The van der Waals surface area contributed by atoms with Crippen LogP contribution in [0.4, 0.5) is 18.0 Å². The van der Waals surface area contributed by atoms with E-state index in [1.165, 1.54) is 13.1 Å². The lowest BCUT2D eigenvalue weighted by molar-refractivity contribution is -0.137. The van der Waals surface area contributed by atoms with E-state index in [1.54, 1.807) is 0 Å². The summed E-state index contributed by atoms with van der Waals surface area (Å²) in [4.78, 5) is 11.7. The molecule has 0 atom stereocenters. The number of sulfone groups is 1. The molecule has 1 amide bonds. The molecular weight excluding hydrogens is 347 g/mol. The summed E-state index contributed by atoms with van der Waals surface area (Å²) in [6, 6.07) is 3.47. The Kier molecular flexibility index (Phi) is 5.12. The Balaban J connectivity index is 2.17. The van der Waals surface area contributed by atoms with Gasteiger partial charge in [-0.1, -0.05) is 6.07 Å². The van der Waals surface area contributed by atoms with Gasteiger partial charge in [0.1, 0.15) is 0 Å². The van der Waals surface area contributed by atoms with Crippen LogP contribution in [0.5, 0.6) is 0 Å². The van der Waals surface area contributed by atoms with Crippen molar-refractivity contribution < 1.29 is 31.5 Å². The smallest absolute Gasteiger partial charge is 0.416 e. The molecule has 0 saturated heterocycles. The first kappa shape index (κ1) is 18.6. The van der Waals surface area contributed by atoms with Crippen molar-refractivity contribution in [3.63, 3.8) is 0 Å². The minimum absolute atomic E-state index is 0.223. The molecule has 1 N–H and O–H groups in total. The zero-order valence-electron chi connectivity index (χ0n) is 13.0. The van der Waals surface area contributed by atoms with Crippen LogP contribution < -0.4 is 0 Å². The van der Waals surface area contributed by atoms with E-state index < -0.39 is 32.9 Å². The second-order valence-electron chi connectivity index (χ2n) is 5.89. The van der Waals surface area contributed by atoms with Gasteiger partial charge in [0.2, 0.25) is 0 Å². The summed E-state index contributed by atoms with van der Waals surface area (Å²) in [7, 11) is -2.45. The molecule has 0 radical (unpaired) electrons. The van der Waals surface area contributed by atoms with Crippen molar-refractivity contribution in [3.8, 4) is 0 Å². The quantitative estimate of drug-likeness (QED) is 0.891. The van der Waals surface area contributed by atoms with Crippen LogP contribution in [0, 0.1) is 0 Å². The fraction of sp³-hybridized carbons (Fsp3) is 0.533. The molecule has 1 fully saturated rings. The molecular formula is C15H18F3NO4S. The van der Waals surface area contributed by atoms with Gasteiger partial charge < -0.3 is 10.0 Å². The van der Waals surface area contributed by atoms with E-state index in [-0.39, 0.29) is 23.8 Å². The van der Waals surface area contributed by atoms with Crippen LogP contribution in [0.15, 0.2) is 29.2 Å². The molecule has 24 heavy (non-hydrogen) atoms. The molecule has 0 heterocycles. The zero-order valence-corrected chi connectivity index (χ0v) is 13.8. The highest BCUT2D eigenvalue weighted by molar-refractivity contribution is 7.92. The number of halogens is 3. The Labute approximate surface area is 138 Å². The minimum Gasteiger partial charge on any atom is -0.465 e. The van der Waals surface area contributed by atoms with Gasteiger partial charge in [0.15, 0.2) is 9.84 Å². The highest BCUT2D eigenvalue weighted by Gasteiger charge is 2.36. The van der Waals surface area contributed by atoms with Gasteiger partial charge in [-0.05, 0) is 43.9 Å². The van der Waals surface area contributed by atoms with Gasteiger partial charge in [-0.3, -0.25) is 0 Å². The summed E-state index contributed by atoms with van der Waals surface area (Å²) < 4.78 is 63.4. The Hall–Kier alpha value is -1.77. The summed E-state index contributed by atoms with van der Waals surface area (Å²) in [5.74, 6) is 0. The fourth-order valence-corrected chi connectivity index (χ4v) is 4.78. The average Bonchev–Trinajstić information content (AvgIpc) is 2.53. The lowest BCUT2D eigenvalue weighted by Gasteiger charge is -2.33. The van der Waals surface area contributed by atoms with E-state index in [1.807, 2.05) is 0 Å². The number of hydrogen-bond donors (Lipinski definition) is 1. The molecule has 2 rings (SSSR count). The summed E-state index contributed by atoms with van der Waals surface area (Å²) in [6.45, 7) is 0. The van der Waals surface area contributed by atoms with Crippen molar-refractivity contribution in [2.45, 2.75) is 48.0 Å². The monoisotopic (exact) mass is 365 g/mol. The minimum atomic E-state index is -4.60. The van der Waals surface area contributed by atoms with E-state index in [4.69, 9.17) is 5.11 Å². The molecule has 0 unspecified atom stereocenters. The second kappa shape index (κ2) is 6.62. The third-order valence-corrected chi connectivity index (χ3v) is 6.68. The Morgan fingerprint density at radius 1 is 1.21 bits per heavy atom. The SMILES string of the molecule is CN(C(=O)O)C1CCC(S(=O)(=O)c2cccc(C(F)(F)F)c2)CC1. The third-order valence-electron chi connectivity index (χ3n) is 4.42. The van der Waals surface area contributed by atoms with Crippen LogP contribution in [0.3, 0.4) is 0 Å². The highest BCUT2D eigenvalue weighted by atomic mass is 32.2. The van der Waals surface area contributed by atoms with Gasteiger partial charge in [0.05, 0.1) is 15.7 Å². The van der Waals surface area contributed by atoms with Gasteiger partial charge in [0.25, 0.3) is 0 Å². The number of carbonyl (C=O) groups is 1. The third kappa shape index (κ3) is 3.82. The Morgan fingerprint density at radius 3 is 2.29 bits per heavy atom. The van der Waals surface area contributed by atoms with E-state index in [0.717, 1.165) is 17.0 Å². The van der Waals surface area contributed by atoms with Crippen molar-refractivity contribution >= 4 is 15.9 Å². The predicted molar refractivity (Wildman–Crippen MR) is 80.5 cm³/mol. The lowest BCUT2D eigenvalue weighted by atomic mass is 9.94. The van der Waals surface area contributed by atoms with Crippen molar-refractivity contribution in [1.29, 1.82) is 0 Å². The van der Waals surface area contributed by atoms with Crippen molar-refractivity contribution in [2.75, 3.05) is 7.05 Å². The predicted octanol–water partition coefficient (Wildman–Crippen LogP) is 3.40. The topological polar surface area (TPSA) is 74.7 Å². The van der Waals surface area contributed by atoms with Gasteiger partial charge in [-0.25, -0.2) is 13.2 Å². The summed E-state index contributed by atoms with van der Waals surface area (Å²) in [5, 5.41) is 8.15. The van der Waals surface area contributed by atoms with Gasteiger partial charge in [-0.2, -0.15) is 13.2 Å². The molecule has 0 aliphatic heterocycles. The maximum Gasteiger partial charge on any atom is 0.416 e. The number of nitrogens with zero attached hydrogens (tertiary/aromatic N) is 1. The summed E-state index contributed by atoms with van der Waals surface area (Å²) >= 11 is 0. The summed E-state index contributed by atoms with van der Waals surface area (Å²) in [5.41, 5.74) is -0.997. The molecule has 0 spiro atoms. The lowest BCUT2D eigenvalue weighted by Crippen LogP contribution is -2.41. The molecule has 1 aromatic rings. The maximum absolute atomic E-state index is 12.8. The molecule has 0 bridgehead atoms. The molecule has 134 valence electrons. The van der Waals surface area contributed by atoms with Gasteiger partial charge in [0, 0.05) is 13.1 Å². The van der Waals surface area contributed by atoms with Gasteiger partial charge in [-0.15, -0.1) is 0 Å². The van der Waals surface area contributed by atoms with Crippen LogP contribution >= 0.6 is 0 Å². The first-order chi connectivity index (χ1) is 11.0. The Bertz CT molecular complexity index is 710. The number of alkyl halides is 3. The van der Waals surface area contributed by atoms with Crippen LogP contribution in [-0.4, -0.2) is 42.9 Å². The molecule has 5 nitrogen and oxygen atoms in total. The molecule has 0 aromatic heterocycles. The van der Waals surface area contributed by atoms with Crippen LogP contribution in [0.1, 0.15) is 31.2 Å². The standard InChI is InChI=1S/C15H18F3NO4S/c1-19(14(20)21)11-5-7-12(8-6-11)24(22,23)13-4-2-3-10(9-13)15(16,17)18/h2-4,9,11-12H,5-8H2,1H3,(H,20,21). The molecule has 1 aliphatic rings. The molecule has 1 saturated carbocycles. The average molecular weight is 365 g/mol. The van der Waals surface area contributed by atoms with Crippen molar-refractivity contribution in [3.05, 3.63) is 29.8 Å². The fourth-order valence-electron chi connectivity index (χ4n) is 2.94. The molecule has 1 aliphatic carbocycles.